The van der Waals surface area contributed by atoms with Crippen LogP contribution in [0.25, 0.3) is 0 Å². The van der Waals surface area contributed by atoms with E-state index in [0.29, 0.717) is 45.4 Å². The summed E-state index contributed by atoms with van der Waals surface area (Å²) in [5.74, 6) is -0.718. The van der Waals surface area contributed by atoms with E-state index in [9.17, 15) is 14.4 Å². The number of carboxylic acid groups (broad SMARTS) is 1. The first kappa shape index (κ1) is 14.5. The van der Waals surface area contributed by atoms with Crippen LogP contribution in [-0.4, -0.2) is 58.9 Å². The molecule has 1 heterocycles. The molecule has 0 unspecified atom stereocenters. The molecule has 0 bridgehead atoms. The van der Waals surface area contributed by atoms with E-state index in [2.05, 4.69) is 0 Å². The van der Waals surface area contributed by atoms with Gasteiger partial charge in [-0.25, -0.2) is 0 Å². The van der Waals surface area contributed by atoms with Crippen LogP contribution in [0.4, 0.5) is 0 Å². The third kappa shape index (κ3) is 4.73. The maximum Gasteiger partial charge on any atom is 0.303 e. The molecule has 1 aliphatic rings. The molecule has 0 spiro atoms. The molecule has 0 saturated carbocycles. The summed E-state index contributed by atoms with van der Waals surface area (Å²) in [7, 11) is 0. The van der Waals surface area contributed by atoms with E-state index in [-0.39, 0.29) is 18.2 Å². The molecule has 1 fully saturated rings. The van der Waals surface area contributed by atoms with Crippen molar-refractivity contribution in [3.05, 3.63) is 0 Å². The van der Waals surface area contributed by atoms with Crippen molar-refractivity contribution >= 4 is 17.8 Å². The Hall–Kier alpha value is -1.59. The van der Waals surface area contributed by atoms with Crippen LogP contribution < -0.4 is 0 Å². The lowest BCUT2D eigenvalue weighted by atomic mass is 10.1. The van der Waals surface area contributed by atoms with Gasteiger partial charge < -0.3 is 14.9 Å². The zero-order valence-corrected chi connectivity index (χ0v) is 10.7. The second-order valence-electron chi connectivity index (χ2n) is 4.49. The molecule has 18 heavy (non-hydrogen) atoms. The zero-order chi connectivity index (χ0) is 13.5. The molecule has 6 heteroatoms. The van der Waals surface area contributed by atoms with Crippen LogP contribution in [-0.2, 0) is 14.4 Å². The highest BCUT2D eigenvalue weighted by Crippen LogP contribution is 2.07. The molecule has 2 amide bonds. The first-order chi connectivity index (χ1) is 8.50. The number of rotatable bonds is 5. The lowest BCUT2D eigenvalue weighted by Crippen LogP contribution is -2.50. The maximum atomic E-state index is 11.8. The molecular formula is C12H20N2O4. The van der Waals surface area contributed by atoms with Gasteiger partial charge in [-0.3, -0.25) is 14.4 Å². The first-order valence-electron chi connectivity index (χ1n) is 6.26. The Labute approximate surface area is 107 Å². The van der Waals surface area contributed by atoms with Gasteiger partial charge in [-0.1, -0.05) is 0 Å². The number of carbonyl (C=O) groups is 3. The minimum Gasteiger partial charge on any atom is -0.481 e. The zero-order valence-electron chi connectivity index (χ0n) is 10.7. The average Bonchev–Trinajstić information content (AvgIpc) is 2.34. The minimum absolute atomic E-state index is 0.0450. The fourth-order valence-electron chi connectivity index (χ4n) is 1.98. The van der Waals surface area contributed by atoms with E-state index in [4.69, 9.17) is 5.11 Å². The molecule has 0 aromatic heterocycles. The average molecular weight is 256 g/mol. The maximum absolute atomic E-state index is 11.8. The van der Waals surface area contributed by atoms with Gasteiger partial charge in [-0.2, -0.15) is 0 Å². The summed E-state index contributed by atoms with van der Waals surface area (Å²) in [6, 6.07) is 0. The summed E-state index contributed by atoms with van der Waals surface area (Å²) in [4.78, 5) is 36.7. The van der Waals surface area contributed by atoms with Crippen LogP contribution in [0, 0.1) is 0 Å². The summed E-state index contributed by atoms with van der Waals surface area (Å²) in [6.07, 6.45) is 1.66. The monoisotopic (exact) mass is 256 g/mol. The van der Waals surface area contributed by atoms with Gasteiger partial charge in [0.15, 0.2) is 0 Å². The standard InChI is InChI=1S/C12H20N2O4/c1-10(15)13-6-8-14(9-7-13)11(16)4-2-3-5-12(17)18/h2-9H2,1H3,(H,17,18). The van der Waals surface area contributed by atoms with Crippen LogP contribution in [0.2, 0.25) is 0 Å². The number of nitrogens with zero attached hydrogens (tertiary/aromatic N) is 2. The molecule has 0 radical (unpaired) electrons. The molecular weight excluding hydrogens is 236 g/mol. The fraction of sp³-hybridized carbons (Fsp3) is 0.750. The molecule has 1 saturated heterocycles. The Morgan fingerprint density at radius 3 is 1.94 bits per heavy atom. The summed E-state index contributed by atoms with van der Waals surface area (Å²) < 4.78 is 0. The third-order valence-electron chi connectivity index (χ3n) is 3.11. The Bertz CT molecular complexity index is 322. The van der Waals surface area contributed by atoms with Crippen molar-refractivity contribution < 1.29 is 19.5 Å². The van der Waals surface area contributed by atoms with Crippen molar-refractivity contribution in [3.8, 4) is 0 Å². The summed E-state index contributed by atoms with van der Waals surface area (Å²) in [6.45, 7) is 3.88. The van der Waals surface area contributed by atoms with Gasteiger partial charge in [0.1, 0.15) is 0 Å². The third-order valence-corrected chi connectivity index (χ3v) is 3.11. The fourth-order valence-corrected chi connectivity index (χ4v) is 1.98. The number of amides is 2. The van der Waals surface area contributed by atoms with Gasteiger partial charge in [-0.15, -0.1) is 0 Å². The molecule has 0 aliphatic carbocycles. The van der Waals surface area contributed by atoms with Crippen molar-refractivity contribution in [2.24, 2.45) is 0 Å². The predicted molar refractivity (Wildman–Crippen MR) is 64.9 cm³/mol. The van der Waals surface area contributed by atoms with Crippen molar-refractivity contribution in [1.82, 2.24) is 9.80 Å². The number of unbranched alkanes of at least 4 members (excludes halogenated alkanes) is 1. The number of carbonyl (C=O) groups excluding carboxylic acids is 2. The van der Waals surface area contributed by atoms with E-state index < -0.39 is 5.97 Å². The van der Waals surface area contributed by atoms with Gasteiger partial charge in [-0.05, 0) is 12.8 Å². The Kier molecular flexibility index (Phi) is 5.61. The van der Waals surface area contributed by atoms with Gasteiger partial charge in [0.25, 0.3) is 0 Å². The van der Waals surface area contributed by atoms with E-state index >= 15 is 0 Å². The van der Waals surface area contributed by atoms with E-state index in [1.807, 2.05) is 0 Å². The highest BCUT2D eigenvalue weighted by Gasteiger charge is 2.21. The highest BCUT2D eigenvalue weighted by molar-refractivity contribution is 5.77. The van der Waals surface area contributed by atoms with Crippen molar-refractivity contribution in [1.29, 1.82) is 0 Å². The quantitative estimate of drug-likeness (QED) is 0.719. The topological polar surface area (TPSA) is 77.9 Å². The number of carboxylic acids is 1. The molecule has 6 nitrogen and oxygen atoms in total. The highest BCUT2D eigenvalue weighted by atomic mass is 16.4. The van der Waals surface area contributed by atoms with Gasteiger partial charge in [0, 0.05) is 45.9 Å². The van der Waals surface area contributed by atoms with E-state index in [1.54, 1.807) is 9.80 Å². The minimum atomic E-state index is -0.822. The molecule has 102 valence electrons. The number of hydrogen-bond acceptors (Lipinski definition) is 3. The van der Waals surface area contributed by atoms with Crippen LogP contribution in [0.15, 0.2) is 0 Å². The predicted octanol–water partition coefficient (Wildman–Crippen LogP) is 0.322. The normalized spacial score (nSPS) is 15.6. The van der Waals surface area contributed by atoms with Gasteiger partial charge >= 0.3 is 5.97 Å². The number of hydrogen-bond donors (Lipinski definition) is 1. The SMILES string of the molecule is CC(=O)N1CCN(C(=O)CCCCC(=O)O)CC1. The Morgan fingerprint density at radius 1 is 0.944 bits per heavy atom. The molecule has 0 aromatic rings. The van der Waals surface area contributed by atoms with Crippen molar-refractivity contribution in [3.63, 3.8) is 0 Å². The Morgan fingerprint density at radius 2 is 1.44 bits per heavy atom. The molecule has 0 atom stereocenters. The van der Waals surface area contributed by atoms with Gasteiger partial charge in [0.05, 0.1) is 0 Å². The molecule has 0 aromatic carbocycles. The van der Waals surface area contributed by atoms with Crippen LogP contribution >= 0.6 is 0 Å². The van der Waals surface area contributed by atoms with Crippen LogP contribution in [0.1, 0.15) is 32.6 Å². The number of piperazine rings is 1. The summed E-state index contributed by atoms with van der Waals surface area (Å²) >= 11 is 0. The van der Waals surface area contributed by atoms with Crippen molar-refractivity contribution in [2.75, 3.05) is 26.2 Å². The lowest BCUT2D eigenvalue weighted by molar-refractivity contribution is -0.139. The van der Waals surface area contributed by atoms with E-state index in [0.717, 1.165) is 0 Å². The lowest BCUT2D eigenvalue weighted by Gasteiger charge is -2.34. The Balaban J connectivity index is 2.20. The molecule has 1 aliphatic heterocycles. The van der Waals surface area contributed by atoms with Crippen molar-refractivity contribution in [2.45, 2.75) is 32.6 Å². The largest absolute Gasteiger partial charge is 0.481 e. The second-order valence-corrected chi connectivity index (χ2v) is 4.49. The second kappa shape index (κ2) is 6.98. The van der Waals surface area contributed by atoms with Crippen LogP contribution in [0.5, 0.6) is 0 Å². The molecule has 1 rings (SSSR count). The van der Waals surface area contributed by atoms with E-state index in [1.165, 1.54) is 6.92 Å². The summed E-state index contributed by atoms with van der Waals surface area (Å²) in [5.41, 5.74) is 0. The van der Waals surface area contributed by atoms with Gasteiger partial charge in [0.2, 0.25) is 11.8 Å². The molecule has 1 N–H and O–H groups in total. The summed E-state index contributed by atoms with van der Waals surface area (Å²) in [5, 5.41) is 8.48. The smallest absolute Gasteiger partial charge is 0.303 e. The first-order valence-corrected chi connectivity index (χ1v) is 6.26. The number of aliphatic carboxylic acids is 1. The van der Waals surface area contributed by atoms with Crippen LogP contribution in [0.3, 0.4) is 0 Å².